The highest BCUT2D eigenvalue weighted by Crippen LogP contribution is 2.32. The summed E-state index contributed by atoms with van der Waals surface area (Å²) in [5.41, 5.74) is 2.70. The summed E-state index contributed by atoms with van der Waals surface area (Å²) in [5.74, 6) is 1.10. The normalized spacial score (nSPS) is 12.4. The van der Waals surface area contributed by atoms with Gasteiger partial charge < -0.3 is 14.8 Å². The minimum absolute atomic E-state index is 0.201. The van der Waals surface area contributed by atoms with Gasteiger partial charge in [0.05, 0.1) is 18.5 Å². The van der Waals surface area contributed by atoms with Gasteiger partial charge in [0, 0.05) is 12.1 Å². The molecular formula is C23H22N2O5S. The van der Waals surface area contributed by atoms with Crippen LogP contribution in [0.2, 0.25) is 0 Å². The number of anilines is 1. The number of sulfonamides is 1. The molecule has 1 amide bonds. The van der Waals surface area contributed by atoms with E-state index in [9.17, 15) is 13.2 Å². The fourth-order valence-electron chi connectivity index (χ4n) is 3.26. The van der Waals surface area contributed by atoms with E-state index in [-0.39, 0.29) is 19.2 Å². The van der Waals surface area contributed by atoms with Gasteiger partial charge >= 0.3 is 0 Å². The van der Waals surface area contributed by atoms with Gasteiger partial charge in [-0.2, -0.15) is 0 Å². The van der Waals surface area contributed by atoms with E-state index < -0.39 is 10.0 Å². The van der Waals surface area contributed by atoms with Crippen molar-refractivity contribution in [3.05, 3.63) is 89.5 Å². The van der Waals surface area contributed by atoms with Crippen LogP contribution in [0.4, 0.5) is 5.69 Å². The molecule has 0 unspecified atom stereocenters. The van der Waals surface area contributed by atoms with Crippen molar-refractivity contribution in [1.29, 1.82) is 0 Å². The molecule has 0 atom stereocenters. The fourth-order valence-corrected chi connectivity index (χ4v) is 4.15. The molecule has 1 aliphatic rings. The first-order valence-electron chi connectivity index (χ1n) is 9.68. The second kappa shape index (κ2) is 8.69. The van der Waals surface area contributed by atoms with Gasteiger partial charge in [-0.3, -0.25) is 9.10 Å². The summed E-state index contributed by atoms with van der Waals surface area (Å²) in [7, 11) is -3.49. The molecule has 0 aromatic heterocycles. The molecule has 1 N–H and O–H groups in total. The molecule has 0 spiro atoms. The highest BCUT2D eigenvalue weighted by molar-refractivity contribution is 7.92. The Kier molecular flexibility index (Phi) is 5.81. The Balaban J connectivity index is 1.44. The SMILES string of the molecule is CS(=O)(=O)N(Cc1ccccc1)c1ccc(C(=O)NCc2ccc3c(c2)OCO3)cc1. The van der Waals surface area contributed by atoms with Crippen molar-refractivity contribution in [2.24, 2.45) is 0 Å². The van der Waals surface area contributed by atoms with Crippen molar-refractivity contribution < 1.29 is 22.7 Å². The van der Waals surface area contributed by atoms with Gasteiger partial charge in [0.25, 0.3) is 5.91 Å². The molecule has 7 nitrogen and oxygen atoms in total. The van der Waals surface area contributed by atoms with Gasteiger partial charge in [0.15, 0.2) is 11.5 Å². The van der Waals surface area contributed by atoms with Crippen LogP contribution in [0.1, 0.15) is 21.5 Å². The summed E-state index contributed by atoms with van der Waals surface area (Å²) in [6.07, 6.45) is 1.17. The molecule has 160 valence electrons. The largest absolute Gasteiger partial charge is 0.454 e. The molecular weight excluding hydrogens is 416 g/mol. The Morgan fingerprint density at radius 1 is 0.935 bits per heavy atom. The molecule has 0 saturated heterocycles. The van der Waals surface area contributed by atoms with E-state index in [0.717, 1.165) is 11.1 Å². The van der Waals surface area contributed by atoms with Crippen molar-refractivity contribution in [1.82, 2.24) is 5.32 Å². The molecule has 3 aromatic carbocycles. The predicted octanol–water partition coefficient (Wildman–Crippen LogP) is 3.31. The number of rotatable bonds is 7. The summed E-state index contributed by atoms with van der Waals surface area (Å²) < 4.78 is 36.6. The van der Waals surface area contributed by atoms with Crippen LogP contribution in [0.3, 0.4) is 0 Å². The number of carbonyl (C=O) groups excluding carboxylic acids is 1. The summed E-state index contributed by atoms with van der Waals surface area (Å²) in [6, 6.07) is 21.4. The van der Waals surface area contributed by atoms with E-state index in [0.29, 0.717) is 29.3 Å². The molecule has 0 aliphatic carbocycles. The summed E-state index contributed by atoms with van der Waals surface area (Å²) in [5, 5.41) is 2.86. The second-order valence-corrected chi connectivity index (χ2v) is 9.08. The number of benzene rings is 3. The highest BCUT2D eigenvalue weighted by Gasteiger charge is 2.18. The van der Waals surface area contributed by atoms with E-state index in [1.54, 1.807) is 24.3 Å². The average Bonchev–Trinajstić information content (AvgIpc) is 3.24. The van der Waals surface area contributed by atoms with E-state index in [1.165, 1.54) is 10.6 Å². The van der Waals surface area contributed by atoms with Gasteiger partial charge in [-0.15, -0.1) is 0 Å². The lowest BCUT2D eigenvalue weighted by molar-refractivity contribution is 0.0951. The van der Waals surface area contributed by atoms with E-state index >= 15 is 0 Å². The predicted molar refractivity (Wildman–Crippen MR) is 118 cm³/mol. The van der Waals surface area contributed by atoms with E-state index in [1.807, 2.05) is 48.5 Å². The highest BCUT2D eigenvalue weighted by atomic mass is 32.2. The molecule has 0 fully saturated rings. The standard InChI is InChI=1S/C23H22N2O5S/c1-31(27,28)25(15-17-5-3-2-4-6-17)20-10-8-19(9-11-20)23(26)24-14-18-7-12-21-22(13-18)30-16-29-21/h2-13H,14-16H2,1H3,(H,24,26). The maximum absolute atomic E-state index is 12.5. The smallest absolute Gasteiger partial charge is 0.251 e. The Morgan fingerprint density at radius 3 is 2.35 bits per heavy atom. The maximum atomic E-state index is 12.5. The number of nitrogens with one attached hydrogen (secondary N) is 1. The summed E-state index contributed by atoms with van der Waals surface area (Å²) >= 11 is 0. The van der Waals surface area contributed by atoms with Crippen molar-refractivity contribution in [2.45, 2.75) is 13.1 Å². The number of amides is 1. The molecule has 0 radical (unpaired) electrons. The van der Waals surface area contributed by atoms with E-state index in [2.05, 4.69) is 5.32 Å². The Morgan fingerprint density at radius 2 is 1.65 bits per heavy atom. The third-order valence-electron chi connectivity index (χ3n) is 4.88. The molecule has 8 heteroatoms. The number of fused-ring (bicyclic) bond motifs is 1. The summed E-state index contributed by atoms with van der Waals surface area (Å²) in [6.45, 7) is 0.752. The van der Waals surface area contributed by atoms with Crippen molar-refractivity contribution in [3.63, 3.8) is 0 Å². The number of nitrogens with zero attached hydrogens (tertiary/aromatic N) is 1. The van der Waals surface area contributed by atoms with Crippen LogP contribution in [0.5, 0.6) is 11.5 Å². The maximum Gasteiger partial charge on any atom is 0.251 e. The molecule has 4 rings (SSSR count). The molecule has 1 aliphatic heterocycles. The topological polar surface area (TPSA) is 84.9 Å². The zero-order valence-corrected chi connectivity index (χ0v) is 17.8. The van der Waals surface area contributed by atoms with Gasteiger partial charge in [-0.1, -0.05) is 36.4 Å². The number of ether oxygens (including phenoxy) is 2. The van der Waals surface area contributed by atoms with Crippen molar-refractivity contribution in [3.8, 4) is 11.5 Å². The van der Waals surface area contributed by atoms with Crippen LogP contribution in [-0.4, -0.2) is 27.4 Å². The van der Waals surface area contributed by atoms with Gasteiger partial charge in [-0.25, -0.2) is 8.42 Å². The van der Waals surface area contributed by atoms with Crippen LogP contribution in [0.25, 0.3) is 0 Å². The zero-order valence-electron chi connectivity index (χ0n) is 16.9. The number of hydrogen-bond donors (Lipinski definition) is 1. The lowest BCUT2D eigenvalue weighted by atomic mass is 10.1. The minimum atomic E-state index is -3.49. The van der Waals surface area contributed by atoms with Crippen LogP contribution in [0, 0.1) is 0 Å². The number of carbonyl (C=O) groups is 1. The van der Waals surface area contributed by atoms with Crippen LogP contribution in [0.15, 0.2) is 72.8 Å². The van der Waals surface area contributed by atoms with Crippen molar-refractivity contribution in [2.75, 3.05) is 17.4 Å². The first-order valence-corrected chi connectivity index (χ1v) is 11.5. The van der Waals surface area contributed by atoms with Gasteiger partial charge in [0.2, 0.25) is 16.8 Å². The zero-order chi connectivity index (χ0) is 21.8. The molecule has 1 heterocycles. The Bertz CT molecular complexity index is 1180. The number of hydrogen-bond acceptors (Lipinski definition) is 5. The molecule has 3 aromatic rings. The lowest BCUT2D eigenvalue weighted by Crippen LogP contribution is -2.29. The quantitative estimate of drug-likeness (QED) is 0.612. The third kappa shape index (κ3) is 4.97. The van der Waals surface area contributed by atoms with Crippen LogP contribution >= 0.6 is 0 Å². The summed E-state index contributed by atoms with van der Waals surface area (Å²) in [4.78, 5) is 12.5. The lowest BCUT2D eigenvalue weighted by Gasteiger charge is -2.22. The van der Waals surface area contributed by atoms with E-state index in [4.69, 9.17) is 9.47 Å². The molecule has 31 heavy (non-hydrogen) atoms. The van der Waals surface area contributed by atoms with Gasteiger partial charge in [0.1, 0.15) is 0 Å². The van der Waals surface area contributed by atoms with Crippen molar-refractivity contribution >= 4 is 21.6 Å². The Labute approximate surface area is 181 Å². The first kappa shape index (κ1) is 20.7. The second-order valence-electron chi connectivity index (χ2n) is 7.17. The van der Waals surface area contributed by atoms with Gasteiger partial charge in [-0.05, 0) is 47.5 Å². The first-order chi connectivity index (χ1) is 14.9. The monoisotopic (exact) mass is 438 g/mol. The molecule has 0 bridgehead atoms. The van der Waals surface area contributed by atoms with Crippen LogP contribution in [-0.2, 0) is 23.1 Å². The van der Waals surface area contributed by atoms with Crippen LogP contribution < -0.4 is 19.1 Å². The molecule has 0 saturated carbocycles. The minimum Gasteiger partial charge on any atom is -0.454 e. The Hall–Kier alpha value is -3.52. The third-order valence-corrected chi connectivity index (χ3v) is 6.02. The average molecular weight is 439 g/mol. The fraction of sp³-hybridized carbons (Fsp3) is 0.174.